The molecule has 148 valence electrons. The average Bonchev–Trinajstić information content (AvgIpc) is 3.05. The summed E-state index contributed by atoms with van der Waals surface area (Å²) in [5, 5.41) is 14.5. The number of alkyl halides is 1. The standard InChI is InChI=1S/C20H27FN2O4/c1-14-18(13-24)20(23(22-14)19-5-3-4-6-27-19)16-9-15(12-21)10-17(11-16)26-8-7-25-2/h9-11,19,24H,3-8,12-13H2,1-2H3. The smallest absolute Gasteiger partial charge is 0.150 e. The Kier molecular flexibility index (Phi) is 6.82. The molecule has 1 aliphatic heterocycles. The van der Waals surface area contributed by atoms with Crippen LogP contribution < -0.4 is 4.74 Å². The van der Waals surface area contributed by atoms with E-state index in [0.717, 1.165) is 41.8 Å². The molecule has 0 aliphatic carbocycles. The summed E-state index contributed by atoms with van der Waals surface area (Å²) in [6.45, 7) is 2.63. The Hall–Kier alpha value is -1.96. The molecule has 27 heavy (non-hydrogen) atoms. The van der Waals surface area contributed by atoms with Crippen molar-refractivity contribution in [2.75, 3.05) is 26.9 Å². The van der Waals surface area contributed by atoms with Gasteiger partial charge in [-0.1, -0.05) is 0 Å². The maximum Gasteiger partial charge on any atom is 0.150 e. The second kappa shape index (κ2) is 9.30. The lowest BCUT2D eigenvalue weighted by molar-refractivity contribution is -0.0385. The van der Waals surface area contributed by atoms with E-state index < -0.39 is 6.67 Å². The highest BCUT2D eigenvalue weighted by Crippen LogP contribution is 2.35. The second-order valence-electron chi connectivity index (χ2n) is 6.68. The molecular formula is C20H27FN2O4. The van der Waals surface area contributed by atoms with Gasteiger partial charge in [0.15, 0.2) is 6.23 Å². The number of aliphatic hydroxyl groups is 1. The van der Waals surface area contributed by atoms with E-state index in [2.05, 4.69) is 5.10 Å². The van der Waals surface area contributed by atoms with Crippen molar-refractivity contribution in [3.63, 3.8) is 0 Å². The minimum Gasteiger partial charge on any atom is -0.491 e. The van der Waals surface area contributed by atoms with Crippen LogP contribution in [0.5, 0.6) is 5.75 Å². The zero-order chi connectivity index (χ0) is 19.2. The molecule has 3 rings (SSSR count). The number of hydrogen-bond acceptors (Lipinski definition) is 5. The number of rotatable bonds is 8. The predicted octanol–water partition coefficient (Wildman–Crippen LogP) is 3.54. The number of halogens is 1. The Morgan fingerprint density at radius 1 is 1.30 bits per heavy atom. The first-order valence-electron chi connectivity index (χ1n) is 9.30. The lowest BCUT2D eigenvalue weighted by Crippen LogP contribution is -2.20. The quantitative estimate of drug-likeness (QED) is 0.712. The van der Waals surface area contributed by atoms with Gasteiger partial charge in [-0.05, 0) is 49.9 Å². The van der Waals surface area contributed by atoms with Crippen LogP contribution in [0.4, 0.5) is 4.39 Å². The highest BCUT2D eigenvalue weighted by Gasteiger charge is 2.25. The molecule has 0 bridgehead atoms. The molecular weight excluding hydrogens is 351 g/mol. The van der Waals surface area contributed by atoms with Crippen LogP contribution in [0.3, 0.4) is 0 Å². The molecule has 2 aromatic rings. The van der Waals surface area contributed by atoms with Crippen LogP contribution in [0.2, 0.25) is 0 Å². The fourth-order valence-corrected chi connectivity index (χ4v) is 3.40. The molecule has 1 N–H and O–H groups in total. The third-order valence-electron chi connectivity index (χ3n) is 4.75. The van der Waals surface area contributed by atoms with Gasteiger partial charge >= 0.3 is 0 Å². The molecule has 1 atom stereocenters. The molecule has 0 spiro atoms. The summed E-state index contributed by atoms with van der Waals surface area (Å²) in [7, 11) is 1.60. The fourth-order valence-electron chi connectivity index (χ4n) is 3.40. The number of methoxy groups -OCH3 is 1. The van der Waals surface area contributed by atoms with Crippen molar-refractivity contribution in [2.24, 2.45) is 0 Å². The SMILES string of the molecule is COCCOc1cc(CF)cc(-c2c(CO)c(C)nn2C2CCCCO2)c1. The van der Waals surface area contributed by atoms with Crippen molar-refractivity contribution < 1.29 is 23.7 Å². The number of benzene rings is 1. The van der Waals surface area contributed by atoms with Crippen molar-refractivity contribution in [3.05, 3.63) is 35.0 Å². The van der Waals surface area contributed by atoms with Crippen molar-refractivity contribution in [1.82, 2.24) is 9.78 Å². The van der Waals surface area contributed by atoms with Gasteiger partial charge in [-0.3, -0.25) is 0 Å². The van der Waals surface area contributed by atoms with Crippen molar-refractivity contribution >= 4 is 0 Å². The van der Waals surface area contributed by atoms with Gasteiger partial charge in [0, 0.05) is 24.8 Å². The Labute approximate surface area is 158 Å². The van der Waals surface area contributed by atoms with E-state index in [-0.39, 0.29) is 12.8 Å². The first kappa shape index (κ1) is 19.8. The van der Waals surface area contributed by atoms with Gasteiger partial charge in [0.25, 0.3) is 0 Å². The first-order chi connectivity index (χ1) is 13.2. The van der Waals surface area contributed by atoms with Crippen LogP contribution in [-0.2, 0) is 22.8 Å². The van der Waals surface area contributed by atoms with Crippen LogP contribution in [-0.4, -0.2) is 41.8 Å². The molecule has 1 fully saturated rings. The van der Waals surface area contributed by atoms with E-state index >= 15 is 0 Å². The topological polar surface area (TPSA) is 65.7 Å². The largest absolute Gasteiger partial charge is 0.491 e. The highest BCUT2D eigenvalue weighted by atomic mass is 19.1. The number of aliphatic hydroxyl groups excluding tert-OH is 1. The fraction of sp³-hybridized carbons (Fsp3) is 0.550. The predicted molar refractivity (Wildman–Crippen MR) is 99.3 cm³/mol. The van der Waals surface area contributed by atoms with Crippen LogP contribution in [0.1, 0.15) is 42.3 Å². The zero-order valence-electron chi connectivity index (χ0n) is 15.9. The van der Waals surface area contributed by atoms with E-state index in [1.807, 2.05) is 17.7 Å². The number of nitrogens with zero attached hydrogens (tertiary/aromatic N) is 2. The molecule has 2 heterocycles. The van der Waals surface area contributed by atoms with Gasteiger partial charge in [0.2, 0.25) is 0 Å². The Morgan fingerprint density at radius 2 is 2.15 bits per heavy atom. The van der Waals surface area contributed by atoms with Crippen molar-refractivity contribution in [3.8, 4) is 17.0 Å². The van der Waals surface area contributed by atoms with Crippen LogP contribution in [0.25, 0.3) is 11.3 Å². The second-order valence-corrected chi connectivity index (χ2v) is 6.68. The van der Waals surface area contributed by atoms with Gasteiger partial charge < -0.3 is 19.3 Å². The number of aryl methyl sites for hydroxylation is 1. The summed E-state index contributed by atoms with van der Waals surface area (Å²) in [4.78, 5) is 0. The van der Waals surface area contributed by atoms with Crippen LogP contribution in [0.15, 0.2) is 18.2 Å². The molecule has 6 nitrogen and oxygen atoms in total. The molecule has 0 saturated carbocycles. The summed E-state index contributed by atoms with van der Waals surface area (Å²) >= 11 is 0. The van der Waals surface area contributed by atoms with Crippen molar-refractivity contribution in [2.45, 2.75) is 45.7 Å². The van der Waals surface area contributed by atoms with E-state index in [0.29, 0.717) is 31.1 Å². The monoisotopic (exact) mass is 378 g/mol. The first-order valence-corrected chi connectivity index (χ1v) is 9.30. The maximum atomic E-state index is 13.5. The number of hydrogen-bond donors (Lipinski definition) is 1. The van der Waals surface area contributed by atoms with E-state index in [9.17, 15) is 9.50 Å². The third kappa shape index (κ3) is 4.48. The zero-order valence-corrected chi connectivity index (χ0v) is 15.9. The van der Waals surface area contributed by atoms with Gasteiger partial charge in [0.1, 0.15) is 19.0 Å². The Balaban J connectivity index is 2.04. The summed E-state index contributed by atoms with van der Waals surface area (Å²) in [6, 6.07) is 5.31. The molecule has 1 aliphatic rings. The molecule has 0 amide bonds. The summed E-state index contributed by atoms with van der Waals surface area (Å²) in [5.74, 6) is 0.566. The van der Waals surface area contributed by atoms with Crippen LogP contribution in [0, 0.1) is 6.92 Å². The van der Waals surface area contributed by atoms with Gasteiger partial charge in [-0.25, -0.2) is 9.07 Å². The van der Waals surface area contributed by atoms with Crippen LogP contribution >= 0.6 is 0 Å². The van der Waals surface area contributed by atoms with Gasteiger partial charge in [-0.2, -0.15) is 5.10 Å². The van der Waals surface area contributed by atoms with Gasteiger partial charge in [-0.15, -0.1) is 0 Å². The average molecular weight is 378 g/mol. The lowest BCUT2D eigenvalue weighted by Gasteiger charge is -2.25. The number of ether oxygens (including phenoxy) is 3. The molecule has 1 saturated heterocycles. The molecule has 1 aromatic heterocycles. The van der Waals surface area contributed by atoms with Crippen molar-refractivity contribution in [1.29, 1.82) is 0 Å². The normalized spacial score (nSPS) is 17.3. The molecule has 0 radical (unpaired) electrons. The number of aromatic nitrogens is 2. The Bertz CT molecular complexity index is 757. The Morgan fingerprint density at radius 3 is 2.81 bits per heavy atom. The lowest BCUT2D eigenvalue weighted by atomic mass is 10.0. The minimum absolute atomic E-state index is 0.145. The summed E-state index contributed by atoms with van der Waals surface area (Å²) in [6.07, 6.45) is 2.78. The molecule has 1 aromatic carbocycles. The highest BCUT2D eigenvalue weighted by molar-refractivity contribution is 5.67. The van der Waals surface area contributed by atoms with E-state index in [4.69, 9.17) is 14.2 Å². The maximum absolute atomic E-state index is 13.5. The summed E-state index contributed by atoms with van der Waals surface area (Å²) < 4.78 is 31.9. The third-order valence-corrected chi connectivity index (χ3v) is 4.75. The minimum atomic E-state index is -0.601. The van der Waals surface area contributed by atoms with E-state index in [1.54, 1.807) is 19.2 Å². The van der Waals surface area contributed by atoms with E-state index in [1.165, 1.54) is 0 Å². The van der Waals surface area contributed by atoms with Gasteiger partial charge in [0.05, 0.1) is 24.6 Å². The summed E-state index contributed by atoms with van der Waals surface area (Å²) in [5.41, 5.74) is 3.50. The molecule has 1 unspecified atom stereocenters. The molecule has 7 heteroatoms.